The van der Waals surface area contributed by atoms with Gasteiger partial charge < -0.3 is 19.3 Å². The highest BCUT2D eigenvalue weighted by Crippen LogP contribution is 2.54. The highest BCUT2D eigenvalue weighted by Gasteiger charge is 2.48. The van der Waals surface area contributed by atoms with Crippen molar-refractivity contribution in [1.82, 2.24) is 9.80 Å². The first-order valence-electron chi connectivity index (χ1n) is 10.5. The molecule has 2 heterocycles. The highest BCUT2D eigenvalue weighted by atomic mass is 79.9. The zero-order chi connectivity index (χ0) is 22.3. The van der Waals surface area contributed by atoms with Crippen molar-refractivity contribution in [2.75, 3.05) is 33.2 Å². The van der Waals surface area contributed by atoms with Gasteiger partial charge in [0.2, 0.25) is 0 Å². The minimum Gasteiger partial charge on any atom is -0.439 e. The number of amides is 1. The van der Waals surface area contributed by atoms with Crippen LogP contribution in [0.2, 0.25) is 5.02 Å². The zero-order valence-electron chi connectivity index (χ0n) is 17.6. The van der Waals surface area contributed by atoms with Crippen molar-refractivity contribution in [3.05, 3.63) is 92.9 Å². The quantitative estimate of drug-likeness (QED) is 0.485. The smallest absolute Gasteiger partial charge is 0.305 e. The number of rotatable bonds is 3. The van der Waals surface area contributed by atoms with Crippen molar-refractivity contribution in [1.29, 1.82) is 0 Å². The Morgan fingerprint density at radius 3 is 2.00 bits per heavy atom. The van der Waals surface area contributed by atoms with Gasteiger partial charge in [-0.15, -0.1) is 0 Å². The van der Waals surface area contributed by atoms with Gasteiger partial charge in [-0.05, 0) is 29.0 Å². The zero-order valence-corrected chi connectivity index (χ0v) is 19.9. The minimum atomic E-state index is -1.20. The van der Waals surface area contributed by atoms with Crippen molar-refractivity contribution < 1.29 is 14.3 Å². The minimum absolute atomic E-state index is 0.105. The van der Waals surface area contributed by atoms with E-state index in [9.17, 15) is 4.79 Å². The summed E-state index contributed by atoms with van der Waals surface area (Å²) in [5.41, 5.74) is 2.07. The van der Waals surface area contributed by atoms with Crippen LogP contribution in [0.15, 0.2) is 71.2 Å². The molecule has 1 saturated heterocycles. The molecule has 0 N–H and O–H groups in total. The monoisotopic (exact) mass is 512 g/mol. The van der Waals surface area contributed by atoms with Crippen LogP contribution >= 0.6 is 27.5 Å². The first-order valence-corrected chi connectivity index (χ1v) is 11.7. The number of nitrogens with zero attached hydrogens (tertiary/aromatic N) is 2. The van der Waals surface area contributed by atoms with Crippen molar-refractivity contribution in [2.24, 2.45) is 0 Å². The molecule has 3 aromatic carbocycles. The molecule has 7 heteroatoms. The lowest BCUT2D eigenvalue weighted by Gasteiger charge is -2.32. The molecular weight excluding hydrogens is 492 g/mol. The third-order valence-corrected chi connectivity index (χ3v) is 6.91. The first-order chi connectivity index (χ1) is 15.5. The van der Waals surface area contributed by atoms with Crippen LogP contribution in [0, 0.1) is 0 Å². The van der Waals surface area contributed by atoms with Gasteiger partial charge in [0.15, 0.2) is 11.5 Å². The SMILES string of the molecule is CN1CCN(C(=O)c2cc(Br)c3c(c2Cl)OC(c2ccccc2)(c2ccccc2)O3)CC1. The van der Waals surface area contributed by atoms with E-state index in [2.05, 4.69) is 27.9 Å². The molecule has 0 atom stereocenters. The van der Waals surface area contributed by atoms with Gasteiger partial charge >= 0.3 is 5.79 Å². The third kappa shape index (κ3) is 3.56. The summed E-state index contributed by atoms with van der Waals surface area (Å²) in [7, 11) is 2.05. The van der Waals surface area contributed by atoms with E-state index < -0.39 is 5.79 Å². The van der Waals surface area contributed by atoms with Crippen molar-refractivity contribution in [2.45, 2.75) is 5.79 Å². The van der Waals surface area contributed by atoms with Gasteiger partial charge in [-0.3, -0.25) is 4.79 Å². The predicted octanol–water partition coefficient (Wildman–Crippen LogP) is 5.16. The van der Waals surface area contributed by atoms with Crippen LogP contribution in [0.5, 0.6) is 11.5 Å². The highest BCUT2D eigenvalue weighted by molar-refractivity contribution is 9.10. The second-order valence-corrected chi connectivity index (χ2v) is 9.26. The van der Waals surface area contributed by atoms with Gasteiger partial charge in [-0.1, -0.05) is 72.3 Å². The summed E-state index contributed by atoms with van der Waals surface area (Å²) in [6.07, 6.45) is 0. The molecule has 5 nitrogen and oxygen atoms in total. The second kappa shape index (κ2) is 8.43. The van der Waals surface area contributed by atoms with E-state index in [0.717, 1.165) is 24.2 Å². The largest absolute Gasteiger partial charge is 0.439 e. The summed E-state index contributed by atoms with van der Waals surface area (Å²) < 4.78 is 13.6. The van der Waals surface area contributed by atoms with Crippen LogP contribution in [0.1, 0.15) is 21.5 Å². The molecule has 0 radical (unpaired) electrons. The molecule has 0 bridgehead atoms. The number of halogens is 2. The van der Waals surface area contributed by atoms with E-state index in [1.165, 1.54) is 0 Å². The predicted molar refractivity (Wildman–Crippen MR) is 127 cm³/mol. The van der Waals surface area contributed by atoms with Gasteiger partial charge in [0, 0.05) is 37.3 Å². The van der Waals surface area contributed by atoms with Gasteiger partial charge in [0.25, 0.3) is 5.91 Å². The Hall–Kier alpha value is -2.54. The Bertz CT molecular complexity index is 1110. The Morgan fingerprint density at radius 2 is 1.44 bits per heavy atom. The van der Waals surface area contributed by atoms with E-state index in [1.54, 1.807) is 6.07 Å². The lowest BCUT2D eigenvalue weighted by molar-refractivity contribution is -0.0461. The number of fused-ring (bicyclic) bond motifs is 1. The Labute approximate surface area is 200 Å². The average molecular weight is 514 g/mol. The number of likely N-dealkylation sites (N-methyl/N-ethyl adjacent to an activating group) is 1. The molecule has 2 aliphatic rings. The summed E-state index contributed by atoms with van der Waals surface area (Å²) >= 11 is 10.4. The summed E-state index contributed by atoms with van der Waals surface area (Å²) in [6, 6.07) is 21.2. The number of hydrogen-bond donors (Lipinski definition) is 0. The maximum Gasteiger partial charge on any atom is 0.305 e. The van der Waals surface area contributed by atoms with Gasteiger partial charge in [-0.25, -0.2) is 0 Å². The lowest BCUT2D eigenvalue weighted by Crippen LogP contribution is -2.47. The van der Waals surface area contributed by atoms with E-state index >= 15 is 0 Å². The maximum absolute atomic E-state index is 13.3. The van der Waals surface area contributed by atoms with E-state index in [0.29, 0.717) is 34.6 Å². The van der Waals surface area contributed by atoms with E-state index in [1.807, 2.05) is 65.6 Å². The van der Waals surface area contributed by atoms with Gasteiger partial charge in [0.1, 0.15) is 0 Å². The molecule has 0 aliphatic carbocycles. The van der Waals surface area contributed by atoms with E-state index in [-0.39, 0.29) is 10.9 Å². The maximum atomic E-state index is 13.3. The molecule has 3 aromatic rings. The Kier molecular flexibility index (Phi) is 5.61. The van der Waals surface area contributed by atoms with Crippen LogP contribution in [0.25, 0.3) is 0 Å². The molecule has 1 fully saturated rings. The standard InChI is InChI=1S/C25H22BrClN2O3/c1-28-12-14-29(15-13-28)24(30)19-16-20(26)22-23(21(19)27)32-25(31-22,17-8-4-2-5-9-17)18-10-6-3-7-11-18/h2-11,16H,12-15H2,1H3. The Morgan fingerprint density at radius 1 is 0.906 bits per heavy atom. The first kappa shape index (κ1) is 21.3. The molecule has 0 saturated carbocycles. The molecule has 32 heavy (non-hydrogen) atoms. The van der Waals surface area contributed by atoms with Crippen LogP contribution in [0.4, 0.5) is 0 Å². The van der Waals surface area contributed by atoms with Crippen LogP contribution in [-0.2, 0) is 5.79 Å². The molecular formula is C25H22BrClN2O3. The molecule has 2 aliphatic heterocycles. The molecule has 164 valence electrons. The average Bonchev–Trinajstić information content (AvgIpc) is 3.26. The van der Waals surface area contributed by atoms with Gasteiger partial charge in [0.05, 0.1) is 15.1 Å². The van der Waals surface area contributed by atoms with Crippen molar-refractivity contribution in [3.8, 4) is 11.5 Å². The summed E-state index contributed by atoms with van der Waals surface area (Å²) in [5, 5.41) is 0.265. The number of ether oxygens (including phenoxy) is 2. The number of piperazine rings is 1. The summed E-state index contributed by atoms with van der Waals surface area (Å²) in [6.45, 7) is 2.99. The Balaban J connectivity index is 1.58. The normalized spacial score (nSPS) is 17.4. The molecule has 0 spiro atoms. The number of hydrogen-bond acceptors (Lipinski definition) is 4. The second-order valence-electron chi connectivity index (χ2n) is 8.03. The number of benzene rings is 3. The van der Waals surface area contributed by atoms with Crippen LogP contribution in [0.3, 0.4) is 0 Å². The van der Waals surface area contributed by atoms with Gasteiger partial charge in [-0.2, -0.15) is 0 Å². The van der Waals surface area contributed by atoms with Crippen LogP contribution in [-0.4, -0.2) is 48.9 Å². The fourth-order valence-electron chi connectivity index (χ4n) is 4.13. The van der Waals surface area contributed by atoms with E-state index in [4.69, 9.17) is 21.1 Å². The fourth-order valence-corrected chi connectivity index (χ4v) is 4.88. The van der Waals surface area contributed by atoms with Crippen LogP contribution < -0.4 is 9.47 Å². The topological polar surface area (TPSA) is 42.0 Å². The third-order valence-electron chi connectivity index (χ3n) is 5.95. The fraction of sp³-hybridized carbons (Fsp3) is 0.240. The number of carbonyl (C=O) groups excluding carboxylic acids is 1. The molecule has 5 rings (SSSR count). The number of carbonyl (C=O) groups is 1. The summed E-state index contributed by atoms with van der Waals surface area (Å²) in [5.74, 6) is -0.456. The molecule has 0 unspecified atom stereocenters. The lowest BCUT2D eigenvalue weighted by atomic mass is 9.97. The molecule has 1 amide bonds. The van der Waals surface area contributed by atoms with Crippen molar-refractivity contribution in [3.63, 3.8) is 0 Å². The van der Waals surface area contributed by atoms with Crippen molar-refractivity contribution >= 4 is 33.4 Å². The summed E-state index contributed by atoms with van der Waals surface area (Å²) in [4.78, 5) is 17.3. The molecule has 0 aromatic heterocycles.